The van der Waals surface area contributed by atoms with Gasteiger partial charge in [-0.25, -0.2) is 0 Å². The zero-order valence-corrected chi connectivity index (χ0v) is 8.28. The van der Waals surface area contributed by atoms with E-state index in [9.17, 15) is 0 Å². The van der Waals surface area contributed by atoms with E-state index in [2.05, 4.69) is 32.6 Å². The minimum Gasteiger partial charge on any atom is -0.106 e. The summed E-state index contributed by atoms with van der Waals surface area (Å²) in [5, 5.41) is 0. The molecule has 0 fully saturated rings. The highest BCUT2D eigenvalue weighted by atomic mass is 14.0. The van der Waals surface area contributed by atoms with Crippen LogP contribution in [-0.4, -0.2) is 0 Å². The molecule has 0 heterocycles. The van der Waals surface area contributed by atoms with Gasteiger partial charge in [0.2, 0.25) is 0 Å². The first kappa shape index (κ1) is 10.6. The van der Waals surface area contributed by atoms with Crippen LogP contribution in [0.5, 0.6) is 0 Å². The summed E-state index contributed by atoms with van der Waals surface area (Å²) in [5.41, 5.74) is 0. The Morgan fingerprint density at radius 1 is 1.09 bits per heavy atom. The molecule has 1 atom stereocenters. The lowest BCUT2D eigenvalue weighted by Gasteiger charge is -2.05. The van der Waals surface area contributed by atoms with Crippen molar-refractivity contribution in [1.29, 1.82) is 0 Å². The van der Waals surface area contributed by atoms with E-state index >= 15 is 0 Å². The van der Waals surface area contributed by atoms with E-state index in [1.54, 1.807) is 0 Å². The van der Waals surface area contributed by atoms with Gasteiger partial charge in [-0.05, 0) is 19.3 Å². The van der Waals surface area contributed by atoms with Crippen LogP contribution in [0.2, 0.25) is 0 Å². The van der Waals surface area contributed by atoms with Crippen LogP contribution < -0.4 is 0 Å². The van der Waals surface area contributed by atoms with E-state index in [-0.39, 0.29) is 0 Å². The summed E-state index contributed by atoms with van der Waals surface area (Å²) in [6.45, 7) is 8.67. The Hall–Kier alpha value is -0.440. The monoisotopic (exact) mass is 152 g/mol. The lowest BCUT2D eigenvalue weighted by molar-refractivity contribution is 0.507. The molecule has 0 amide bonds. The van der Waals surface area contributed by atoms with E-state index in [1.807, 2.05) is 6.92 Å². The van der Waals surface area contributed by atoms with Gasteiger partial charge in [0.05, 0.1) is 0 Å². The second-order valence-corrected chi connectivity index (χ2v) is 3.62. The molecule has 0 heteroatoms. The highest BCUT2D eigenvalue weighted by molar-refractivity contribution is 4.98. The summed E-state index contributed by atoms with van der Waals surface area (Å²) in [7, 11) is 0. The van der Waals surface area contributed by atoms with Gasteiger partial charge in [-0.1, -0.05) is 33.6 Å². The molecule has 0 bridgehead atoms. The van der Waals surface area contributed by atoms with Gasteiger partial charge in [0, 0.05) is 5.92 Å². The molecule has 0 rings (SSSR count). The molecule has 0 N–H and O–H groups in total. The molecule has 0 aliphatic rings. The second kappa shape index (κ2) is 6.28. The Balaban J connectivity index is 3.29. The Kier molecular flexibility index (Phi) is 6.03. The van der Waals surface area contributed by atoms with E-state index in [1.165, 1.54) is 19.3 Å². The highest BCUT2D eigenvalue weighted by Gasteiger charge is 1.98. The maximum atomic E-state index is 3.17. The zero-order valence-electron chi connectivity index (χ0n) is 8.28. The fourth-order valence-electron chi connectivity index (χ4n) is 1.15. The summed E-state index contributed by atoms with van der Waals surface area (Å²) >= 11 is 0. The van der Waals surface area contributed by atoms with Gasteiger partial charge in [-0.3, -0.25) is 0 Å². The first-order valence-corrected chi connectivity index (χ1v) is 4.59. The van der Waals surface area contributed by atoms with Gasteiger partial charge in [-0.2, -0.15) is 0 Å². The molecule has 0 aromatic carbocycles. The summed E-state index contributed by atoms with van der Waals surface area (Å²) in [5.74, 6) is 7.57. The zero-order chi connectivity index (χ0) is 8.69. The van der Waals surface area contributed by atoms with Crippen LogP contribution in [0.3, 0.4) is 0 Å². The van der Waals surface area contributed by atoms with Crippen LogP contribution in [0.1, 0.15) is 47.0 Å². The summed E-state index contributed by atoms with van der Waals surface area (Å²) < 4.78 is 0. The first-order valence-electron chi connectivity index (χ1n) is 4.59. The molecule has 0 aliphatic heterocycles. The summed E-state index contributed by atoms with van der Waals surface area (Å²) in [6, 6.07) is 0. The van der Waals surface area contributed by atoms with Crippen molar-refractivity contribution >= 4 is 0 Å². The van der Waals surface area contributed by atoms with E-state index in [0.29, 0.717) is 5.92 Å². The normalized spacial score (nSPS) is 12.5. The van der Waals surface area contributed by atoms with Crippen molar-refractivity contribution in [2.24, 2.45) is 11.8 Å². The third-order valence-electron chi connectivity index (χ3n) is 1.81. The fraction of sp³-hybridized carbons (Fsp3) is 0.818. The molecule has 0 aromatic rings. The molecular formula is C11H20. The van der Waals surface area contributed by atoms with Crippen molar-refractivity contribution < 1.29 is 0 Å². The molecular weight excluding hydrogens is 132 g/mol. The maximum Gasteiger partial charge on any atom is 0.0174 e. The summed E-state index contributed by atoms with van der Waals surface area (Å²) in [4.78, 5) is 0. The van der Waals surface area contributed by atoms with E-state index < -0.39 is 0 Å². The van der Waals surface area contributed by atoms with Crippen LogP contribution >= 0.6 is 0 Å². The van der Waals surface area contributed by atoms with Crippen LogP contribution in [0.25, 0.3) is 0 Å². The third-order valence-corrected chi connectivity index (χ3v) is 1.81. The predicted octanol–water partition coefficient (Wildman–Crippen LogP) is 3.47. The lowest BCUT2D eigenvalue weighted by Crippen LogP contribution is -1.93. The Morgan fingerprint density at radius 3 is 2.18 bits per heavy atom. The Bertz CT molecular complexity index is 134. The second-order valence-electron chi connectivity index (χ2n) is 3.62. The van der Waals surface area contributed by atoms with Crippen LogP contribution in [0, 0.1) is 23.7 Å². The standard InChI is InChI=1S/C11H20/c1-5-7-11(4)9-6-8-10(2)3/h10-11H,6,8-9H2,1-4H3. The smallest absolute Gasteiger partial charge is 0.0174 e. The van der Waals surface area contributed by atoms with Crippen molar-refractivity contribution in [3.05, 3.63) is 0 Å². The van der Waals surface area contributed by atoms with Crippen LogP contribution in [0.4, 0.5) is 0 Å². The summed E-state index contributed by atoms with van der Waals surface area (Å²) in [6.07, 6.45) is 3.93. The first-order chi connectivity index (χ1) is 5.16. The largest absolute Gasteiger partial charge is 0.106 e. The predicted molar refractivity (Wildman–Crippen MR) is 51.3 cm³/mol. The lowest BCUT2D eigenvalue weighted by atomic mass is 10.0. The fourth-order valence-corrected chi connectivity index (χ4v) is 1.15. The minimum atomic E-state index is 0.596. The number of hydrogen-bond acceptors (Lipinski definition) is 0. The SMILES string of the molecule is CC#CC(C)CCCC(C)C. The Morgan fingerprint density at radius 2 is 1.73 bits per heavy atom. The van der Waals surface area contributed by atoms with Crippen molar-refractivity contribution in [2.45, 2.75) is 47.0 Å². The molecule has 0 saturated carbocycles. The van der Waals surface area contributed by atoms with Gasteiger partial charge in [0.1, 0.15) is 0 Å². The van der Waals surface area contributed by atoms with E-state index in [0.717, 1.165) is 5.92 Å². The molecule has 0 aromatic heterocycles. The van der Waals surface area contributed by atoms with Crippen LogP contribution in [0.15, 0.2) is 0 Å². The molecule has 0 saturated heterocycles. The average molecular weight is 152 g/mol. The molecule has 11 heavy (non-hydrogen) atoms. The van der Waals surface area contributed by atoms with Crippen molar-refractivity contribution in [3.63, 3.8) is 0 Å². The quantitative estimate of drug-likeness (QED) is 0.541. The van der Waals surface area contributed by atoms with Gasteiger partial charge in [0.25, 0.3) is 0 Å². The molecule has 0 spiro atoms. The average Bonchev–Trinajstić information content (AvgIpc) is 1.87. The van der Waals surface area contributed by atoms with Crippen molar-refractivity contribution in [2.75, 3.05) is 0 Å². The molecule has 0 nitrogen and oxygen atoms in total. The van der Waals surface area contributed by atoms with Crippen molar-refractivity contribution in [1.82, 2.24) is 0 Å². The molecule has 1 unspecified atom stereocenters. The van der Waals surface area contributed by atoms with Gasteiger partial charge in [0.15, 0.2) is 0 Å². The number of hydrogen-bond donors (Lipinski definition) is 0. The molecule has 0 radical (unpaired) electrons. The highest BCUT2D eigenvalue weighted by Crippen LogP contribution is 2.11. The van der Waals surface area contributed by atoms with Crippen LogP contribution in [-0.2, 0) is 0 Å². The maximum absolute atomic E-state index is 3.17. The van der Waals surface area contributed by atoms with Gasteiger partial charge in [-0.15, -0.1) is 11.8 Å². The third kappa shape index (κ3) is 7.46. The van der Waals surface area contributed by atoms with Gasteiger partial charge < -0.3 is 0 Å². The van der Waals surface area contributed by atoms with E-state index in [4.69, 9.17) is 0 Å². The minimum absolute atomic E-state index is 0.596. The Labute approximate surface area is 71.4 Å². The number of rotatable bonds is 4. The molecule has 0 aliphatic carbocycles. The van der Waals surface area contributed by atoms with Gasteiger partial charge >= 0.3 is 0 Å². The molecule has 64 valence electrons. The van der Waals surface area contributed by atoms with Crippen molar-refractivity contribution in [3.8, 4) is 11.8 Å². The topological polar surface area (TPSA) is 0 Å².